The van der Waals surface area contributed by atoms with Gasteiger partial charge in [-0.25, -0.2) is 0 Å². The highest BCUT2D eigenvalue weighted by molar-refractivity contribution is 8.01. The molecular weight excluding hydrogens is 232 g/mol. The predicted octanol–water partition coefficient (Wildman–Crippen LogP) is 1.20. The summed E-state index contributed by atoms with van der Waals surface area (Å²) in [4.78, 5) is 11.0. The van der Waals surface area contributed by atoms with Gasteiger partial charge in [0.2, 0.25) is 11.0 Å². The molecule has 0 unspecified atom stereocenters. The number of hydrogen-bond donors (Lipinski definition) is 2. The molecule has 2 N–H and O–H groups in total. The van der Waals surface area contributed by atoms with Gasteiger partial charge in [-0.15, -0.1) is 10.2 Å². The first-order chi connectivity index (χ1) is 7.26. The molecule has 0 spiro atoms. The molecule has 5 nitrogen and oxygen atoms in total. The van der Waals surface area contributed by atoms with E-state index in [0.717, 1.165) is 22.4 Å². The van der Waals surface area contributed by atoms with Crippen LogP contribution in [0.25, 0.3) is 0 Å². The van der Waals surface area contributed by atoms with E-state index in [-0.39, 0.29) is 5.91 Å². The summed E-state index contributed by atoms with van der Waals surface area (Å²) in [6.07, 6.45) is 1.06. The van der Waals surface area contributed by atoms with Crippen LogP contribution in [-0.4, -0.2) is 35.4 Å². The number of aromatic nitrogens is 2. The van der Waals surface area contributed by atoms with E-state index >= 15 is 0 Å². The molecule has 0 aliphatic heterocycles. The van der Waals surface area contributed by atoms with Crippen molar-refractivity contribution in [2.24, 2.45) is 0 Å². The Morgan fingerprint density at radius 1 is 1.53 bits per heavy atom. The summed E-state index contributed by atoms with van der Waals surface area (Å²) in [5.41, 5.74) is 0. The van der Waals surface area contributed by atoms with Gasteiger partial charge in [0.05, 0.1) is 5.75 Å². The van der Waals surface area contributed by atoms with Crippen LogP contribution in [0, 0.1) is 0 Å². The van der Waals surface area contributed by atoms with E-state index in [2.05, 4.69) is 27.8 Å². The lowest BCUT2D eigenvalue weighted by atomic mass is 10.5. The summed E-state index contributed by atoms with van der Waals surface area (Å²) in [7, 11) is 1.62. The molecule has 1 aromatic rings. The average molecular weight is 246 g/mol. The molecule has 0 bridgehead atoms. The van der Waals surface area contributed by atoms with Crippen molar-refractivity contribution < 1.29 is 4.79 Å². The average Bonchev–Trinajstić information content (AvgIpc) is 2.71. The second-order valence-electron chi connectivity index (χ2n) is 2.76. The molecule has 84 valence electrons. The highest BCUT2D eigenvalue weighted by Crippen LogP contribution is 2.24. The highest BCUT2D eigenvalue weighted by Gasteiger charge is 2.06. The van der Waals surface area contributed by atoms with Crippen LogP contribution in [0.1, 0.15) is 13.3 Å². The molecule has 0 aliphatic carbocycles. The Morgan fingerprint density at radius 3 is 3.00 bits per heavy atom. The van der Waals surface area contributed by atoms with Crippen LogP contribution in [0.3, 0.4) is 0 Å². The van der Waals surface area contributed by atoms with Crippen molar-refractivity contribution in [3.8, 4) is 0 Å². The van der Waals surface area contributed by atoms with E-state index in [9.17, 15) is 4.79 Å². The van der Waals surface area contributed by atoms with Crippen molar-refractivity contribution in [3.63, 3.8) is 0 Å². The number of carbonyl (C=O) groups excluding carboxylic acids is 1. The fourth-order valence-corrected chi connectivity index (χ4v) is 2.42. The first-order valence-electron chi connectivity index (χ1n) is 4.67. The molecule has 1 amide bonds. The Balaban J connectivity index is 2.35. The van der Waals surface area contributed by atoms with Crippen molar-refractivity contribution in [2.75, 3.05) is 24.7 Å². The van der Waals surface area contributed by atoms with E-state index in [4.69, 9.17) is 0 Å². The predicted molar refractivity (Wildman–Crippen MR) is 63.5 cm³/mol. The normalized spacial score (nSPS) is 10.0. The van der Waals surface area contributed by atoms with Crippen molar-refractivity contribution in [3.05, 3.63) is 0 Å². The third kappa shape index (κ3) is 4.48. The minimum Gasteiger partial charge on any atom is -0.360 e. The molecule has 1 heterocycles. The maximum atomic E-state index is 11.0. The number of rotatable bonds is 6. The van der Waals surface area contributed by atoms with Crippen molar-refractivity contribution in [2.45, 2.75) is 17.7 Å². The van der Waals surface area contributed by atoms with Gasteiger partial charge in [-0.05, 0) is 6.42 Å². The lowest BCUT2D eigenvalue weighted by Crippen LogP contribution is -2.19. The molecule has 0 atom stereocenters. The molecule has 0 aromatic carbocycles. The first kappa shape index (κ1) is 12.3. The molecule has 1 aromatic heterocycles. The van der Waals surface area contributed by atoms with E-state index < -0.39 is 0 Å². The molecular formula is C8H14N4OS2. The zero-order valence-electron chi connectivity index (χ0n) is 8.74. The lowest BCUT2D eigenvalue weighted by Gasteiger charge is -1.96. The number of thioether (sulfide) groups is 1. The van der Waals surface area contributed by atoms with Gasteiger partial charge in [-0.3, -0.25) is 4.79 Å². The summed E-state index contributed by atoms with van der Waals surface area (Å²) in [6, 6.07) is 0. The molecule has 0 saturated carbocycles. The Hall–Kier alpha value is -0.820. The third-order valence-corrected chi connectivity index (χ3v) is 3.55. The summed E-state index contributed by atoms with van der Waals surface area (Å²) in [5, 5.41) is 14.4. The molecule has 15 heavy (non-hydrogen) atoms. The van der Waals surface area contributed by atoms with Crippen LogP contribution in [0.4, 0.5) is 5.13 Å². The quantitative estimate of drug-likeness (QED) is 0.738. The number of hydrogen-bond acceptors (Lipinski definition) is 6. The topological polar surface area (TPSA) is 66.9 Å². The van der Waals surface area contributed by atoms with Gasteiger partial charge in [0.1, 0.15) is 0 Å². The van der Waals surface area contributed by atoms with E-state index in [1.54, 1.807) is 7.05 Å². The fraction of sp³-hybridized carbons (Fsp3) is 0.625. The minimum absolute atomic E-state index is 0.00160. The van der Waals surface area contributed by atoms with Gasteiger partial charge in [0, 0.05) is 13.6 Å². The lowest BCUT2D eigenvalue weighted by molar-refractivity contribution is -0.118. The maximum Gasteiger partial charge on any atom is 0.230 e. The van der Waals surface area contributed by atoms with Crippen molar-refractivity contribution in [1.29, 1.82) is 0 Å². The Morgan fingerprint density at radius 2 is 2.33 bits per heavy atom. The number of nitrogens with zero attached hydrogens (tertiary/aromatic N) is 2. The zero-order valence-corrected chi connectivity index (χ0v) is 10.4. The third-order valence-electron chi connectivity index (χ3n) is 1.54. The SMILES string of the molecule is CCCNc1nnc(SCC(=O)NC)s1. The Kier molecular flexibility index (Phi) is 5.41. The monoisotopic (exact) mass is 246 g/mol. The smallest absolute Gasteiger partial charge is 0.230 e. The zero-order chi connectivity index (χ0) is 11.1. The molecule has 1 rings (SSSR count). The van der Waals surface area contributed by atoms with Gasteiger partial charge in [-0.2, -0.15) is 0 Å². The molecule has 0 saturated heterocycles. The number of amides is 1. The first-order valence-corrected chi connectivity index (χ1v) is 6.47. The van der Waals surface area contributed by atoms with Crippen LogP contribution in [-0.2, 0) is 4.79 Å². The molecule has 0 radical (unpaired) electrons. The standard InChI is InChI=1S/C8H14N4OS2/c1-3-4-10-7-11-12-8(15-7)14-5-6(13)9-2/h3-5H2,1-2H3,(H,9,13)(H,10,11). The van der Waals surface area contributed by atoms with Gasteiger partial charge >= 0.3 is 0 Å². The van der Waals surface area contributed by atoms with Gasteiger partial charge in [-0.1, -0.05) is 30.0 Å². The van der Waals surface area contributed by atoms with Gasteiger partial charge in [0.25, 0.3) is 0 Å². The summed E-state index contributed by atoms with van der Waals surface area (Å²) >= 11 is 2.88. The largest absolute Gasteiger partial charge is 0.360 e. The van der Waals surface area contributed by atoms with Crippen molar-refractivity contribution in [1.82, 2.24) is 15.5 Å². The minimum atomic E-state index is -0.00160. The molecule has 0 aliphatic rings. The van der Waals surface area contributed by atoms with Crippen molar-refractivity contribution >= 4 is 34.1 Å². The summed E-state index contributed by atoms with van der Waals surface area (Å²) in [6.45, 7) is 2.99. The van der Waals surface area contributed by atoms with Crippen LogP contribution in [0.5, 0.6) is 0 Å². The molecule has 7 heteroatoms. The van der Waals surface area contributed by atoms with Gasteiger partial charge < -0.3 is 10.6 Å². The van der Waals surface area contributed by atoms with E-state index in [1.807, 2.05) is 0 Å². The second kappa shape index (κ2) is 6.62. The van der Waals surface area contributed by atoms with Crippen LogP contribution < -0.4 is 10.6 Å². The summed E-state index contributed by atoms with van der Waals surface area (Å²) in [5.74, 6) is 0.386. The van der Waals surface area contributed by atoms with E-state index in [1.165, 1.54) is 23.1 Å². The number of nitrogens with one attached hydrogen (secondary N) is 2. The van der Waals surface area contributed by atoms with E-state index in [0.29, 0.717) is 5.75 Å². The van der Waals surface area contributed by atoms with Crippen LogP contribution in [0.2, 0.25) is 0 Å². The Bertz CT molecular complexity index is 315. The maximum absolute atomic E-state index is 11.0. The number of carbonyl (C=O) groups is 1. The second-order valence-corrected chi connectivity index (χ2v) is 4.96. The summed E-state index contributed by atoms with van der Waals surface area (Å²) < 4.78 is 0.817. The Labute approximate surface area is 97.1 Å². The molecule has 0 fully saturated rings. The van der Waals surface area contributed by atoms with Gasteiger partial charge in [0.15, 0.2) is 4.34 Å². The fourth-order valence-electron chi connectivity index (χ4n) is 0.771. The number of anilines is 1. The highest BCUT2D eigenvalue weighted by atomic mass is 32.2. The van der Waals surface area contributed by atoms with Crippen LogP contribution in [0.15, 0.2) is 4.34 Å². The van der Waals surface area contributed by atoms with Crippen LogP contribution >= 0.6 is 23.1 Å².